The van der Waals surface area contributed by atoms with Crippen molar-refractivity contribution in [1.82, 2.24) is 4.98 Å². The second-order valence-electron chi connectivity index (χ2n) is 6.32. The number of aliphatic carboxylic acids is 2. The van der Waals surface area contributed by atoms with Crippen molar-refractivity contribution < 1.29 is 29.9 Å². The minimum Gasteiger partial charge on any atom is -0.550 e. The lowest BCUT2D eigenvalue weighted by atomic mass is 10.0. The molecule has 0 atom stereocenters. The molecule has 0 aliphatic carbocycles. The fourth-order valence-electron chi connectivity index (χ4n) is 2.78. The third-order valence-electron chi connectivity index (χ3n) is 3.90. The van der Waals surface area contributed by atoms with Crippen LogP contribution in [0.15, 0.2) is 60.7 Å². The Labute approximate surface area is 172 Å². The molecule has 0 unspecified atom stereocenters. The summed E-state index contributed by atoms with van der Waals surface area (Å²) >= 11 is 0. The SMILES string of the molecule is CC(=O)O.CC(=O)[O-].Oc1ccc2ccccc2c1CNc1[nH]c2ccccc2[nH+]1. The van der Waals surface area contributed by atoms with Crippen molar-refractivity contribution in [3.63, 3.8) is 0 Å². The maximum absolute atomic E-state index is 10.2. The lowest BCUT2D eigenvalue weighted by Crippen LogP contribution is -2.16. The van der Waals surface area contributed by atoms with Gasteiger partial charge in [0.2, 0.25) is 0 Å². The second kappa shape index (κ2) is 10.5. The van der Waals surface area contributed by atoms with E-state index in [1.807, 2.05) is 54.6 Å². The van der Waals surface area contributed by atoms with E-state index in [0.717, 1.165) is 47.2 Å². The van der Waals surface area contributed by atoms with E-state index in [1.165, 1.54) is 0 Å². The third-order valence-corrected chi connectivity index (χ3v) is 3.90. The predicted molar refractivity (Wildman–Crippen MR) is 112 cm³/mol. The highest BCUT2D eigenvalue weighted by Gasteiger charge is 2.11. The molecule has 8 nitrogen and oxygen atoms in total. The number of carboxylic acids is 2. The summed E-state index contributed by atoms with van der Waals surface area (Å²) < 4.78 is 0. The number of carboxylic acid groups (broad SMARTS) is 2. The van der Waals surface area contributed by atoms with Crippen molar-refractivity contribution in [2.45, 2.75) is 20.4 Å². The highest BCUT2D eigenvalue weighted by atomic mass is 16.4. The number of aromatic amines is 2. The van der Waals surface area contributed by atoms with E-state index in [1.54, 1.807) is 6.07 Å². The first-order chi connectivity index (χ1) is 14.3. The van der Waals surface area contributed by atoms with Crippen LogP contribution in [0.2, 0.25) is 0 Å². The van der Waals surface area contributed by atoms with Gasteiger partial charge in [-0.3, -0.25) is 10.1 Å². The fraction of sp³-hybridized carbons (Fsp3) is 0.136. The quantitative estimate of drug-likeness (QED) is 0.409. The van der Waals surface area contributed by atoms with Gasteiger partial charge in [0.1, 0.15) is 16.8 Å². The molecule has 8 heteroatoms. The van der Waals surface area contributed by atoms with E-state index < -0.39 is 11.9 Å². The normalized spacial score (nSPS) is 9.80. The van der Waals surface area contributed by atoms with Gasteiger partial charge in [-0.1, -0.05) is 42.5 Å². The Morgan fingerprint density at radius 3 is 2.30 bits per heavy atom. The van der Waals surface area contributed by atoms with Crippen molar-refractivity contribution in [3.8, 4) is 5.75 Å². The molecule has 0 saturated carbocycles. The smallest absolute Gasteiger partial charge is 0.353 e. The number of aromatic nitrogens is 2. The number of aromatic hydroxyl groups is 1. The number of rotatable bonds is 3. The van der Waals surface area contributed by atoms with E-state index in [0.29, 0.717) is 12.3 Å². The van der Waals surface area contributed by atoms with Crippen LogP contribution in [0.25, 0.3) is 21.8 Å². The number of hydrogen-bond donors (Lipinski definition) is 4. The van der Waals surface area contributed by atoms with Gasteiger partial charge in [0, 0.05) is 18.5 Å². The van der Waals surface area contributed by atoms with Gasteiger partial charge in [-0.2, -0.15) is 0 Å². The minimum absolute atomic E-state index is 0.308. The molecular formula is C22H23N3O5. The molecule has 4 aromatic rings. The average Bonchev–Trinajstić information content (AvgIpc) is 3.09. The molecule has 0 radical (unpaired) electrons. The first kappa shape index (κ1) is 22.2. The molecule has 30 heavy (non-hydrogen) atoms. The Morgan fingerprint density at radius 2 is 1.63 bits per heavy atom. The number of hydrogen-bond acceptors (Lipinski definition) is 5. The number of fused-ring (bicyclic) bond motifs is 2. The summed E-state index contributed by atoms with van der Waals surface area (Å²) in [5, 5.41) is 32.0. The monoisotopic (exact) mass is 409 g/mol. The molecule has 1 aromatic heterocycles. The van der Waals surface area contributed by atoms with Crippen molar-refractivity contribution in [3.05, 3.63) is 66.2 Å². The van der Waals surface area contributed by atoms with Gasteiger partial charge >= 0.3 is 5.95 Å². The molecule has 0 aliphatic rings. The number of carbonyl (C=O) groups is 2. The lowest BCUT2D eigenvalue weighted by Gasteiger charge is -2.07. The van der Waals surface area contributed by atoms with Crippen LogP contribution in [-0.4, -0.2) is 27.1 Å². The number of para-hydroxylation sites is 2. The summed E-state index contributed by atoms with van der Waals surface area (Å²) in [7, 11) is 0. The molecule has 4 rings (SSSR count). The van der Waals surface area contributed by atoms with Gasteiger partial charge in [-0.15, -0.1) is 0 Å². The van der Waals surface area contributed by atoms with Gasteiger partial charge in [0.05, 0.1) is 6.54 Å². The van der Waals surface area contributed by atoms with Gasteiger partial charge < -0.3 is 20.1 Å². The number of phenols is 1. The summed E-state index contributed by atoms with van der Waals surface area (Å²) in [5.41, 5.74) is 2.99. The van der Waals surface area contributed by atoms with Crippen LogP contribution in [0.5, 0.6) is 5.75 Å². The van der Waals surface area contributed by atoms with Crippen LogP contribution < -0.4 is 15.4 Å². The highest BCUT2D eigenvalue weighted by molar-refractivity contribution is 5.87. The molecule has 156 valence electrons. The van der Waals surface area contributed by atoms with Crippen molar-refractivity contribution in [2.75, 3.05) is 5.32 Å². The van der Waals surface area contributed by atoms with E-state index >= 15 is 0 Å². The molecular weight excluding hydrogens is 386 g/mol. The molecule has 0 amide bonds. The maximum atomic E-state index is 10.2. The number of nitrogens with one attached hydrogen (secondary N) is 3. The first-order valence-electron chi connectivity index (χ1n) is 9.08. The lowest BCUT2D eigenvalue weighted by molar-refractivity contribution is -0.327. The van der Waals surface area contributed by atoms with Crippen LogP contribution in [0.3, 0.4) is 0 Å². The highest BCUT2D eigenvalue weighted by Crippen LogP contribution is 2.27. The molecule has 1 heterocycles. The van der Waals surface area contributed by atoms with Crippen molar-refractivity contribution >= 4 is 39.7 Å². The van der Waals surface area contributed by atoms with Crippen LogP contribution in [0.1, 0.15) is 19.4 Å². The van der Waals surface area contributed by atoms with Gasteiger partial charge in [0.25, 0.3) is 5.97 Å². The Bertz CT molecular complexity index is 1100. The van der Waals surface area contributed by atoms with Crippen LogP contribution in [-0.2, 0) is 16.1 Å². The van der Waals surface area contributed by atoms with Crippen LogP contribution in [0.4, 0.5) is 5.95 Å². The van der Waals surface area contributed by atoms with E-state index in [9.17, 15) is 5.11 Å². The van der Waals surface area contributed by atoms with Gasteiger partial charge in [-0.05, 0) is 35.9 Å². The second-order valence-corrected chi connectivity index (χ2v) is 6.32. The molecule has 0 spiro atoms. The van der Waals surface area contributed by atoms with Crippen molar-refractivity contribution in [1.29, 1.82) is 0 Å². The summed E-state index contributed by atoms with van der Waals surface area (Å²) in [4.78, 5) is 24.5. The summed E-state index contributed by atoms with van der Waals surface area (Å²) in [6, 6.07) is 19.8. The Kier molecular flexibility index (Phi) is 7.75. The van der Waals surface area contributed by atoms with Gasteiger partial charge in [-0.25, -0.2) is 9.97 Å². The molecule has 0 aliphatic heterocycles. The first-order valence-corrected chi connectivity index (χ1v) is 9.08. The summed E-state index contributed by atoms with van der Waals surface area (Å²) in [5.74, 6) is -0.782. The van der Waals surface area contributed by atoms with E-state index in [2.05, 4.69) is 15.3 Å². The maximum Gasteiger partial charge on any atom is 0.353 e. The van der Waals surface area contributed by atoms with E-state index in [4.69, 9.17) is 19.8 Å². The predicted octanol–water partition coefficient (Wildman–Crippen LogP) is 2.30. The number of phenolic OH excluding ortho intramolecular Hbond substituents is 1. The number of carbonyl (C=O) groups excluding carboxylic acids is 1. The summed E-state index contributed by atoms with van der Waals surface area (Å²) in [6.07, 6.45) is 0. The third kappa shape index (κ3) is 6.52. The topological polar surface area (TPSA) is 140 Å². The van der Waals surface area contributed by atoms with Crippen LogP contribution >= 0.6 is 0 Å². The minimum atomic E-state index is -1.08. The zero-order valence-corrected chi connectivity index (χ0v) is 16.6. The fourth-order valence-corrected chi connectivity index (χ4v) is 2.78. The Morgan fingerprint density at radius 1 is 1.03 bits per heavy atom. The van der Waals surface area contributed by atoms with Crippen LogP contribution in [0, 0.1) is 0 Å². The number of benzene rings is 3. The number of H-pyrrole nitrogens is 2. The Balaban J connectivity index is 0.000000347. The largest absolute Gasteiger partial charge is 0.550 e. The average molecular weight is 409 g/mol. The zero-order valence-electron chi connectivity index (χ0n) is 16.6. The molecule has 3 aromatic carbocycles. The molecule has 0 bridgehead atoms. The molecule has 0 fully saturated rings. The Hall–Kier alpha value is -4.07. The number of anilines is 1. The van der Waals surface area contributed by atoms with Crippen molar-refractivity contribution in [2.24, 2.45) is 0 Å². The summed E-state index contributed by atoms with van der Waals surface area (Å²) in [6.45, 7) is 2.59. The van der Waals surface area contributed by atoms with E-state index in [-0.39, 0.29) is 0 Å². The standard InChI is InChI=1S/C18H15N3O.2C2H4O2/c22-17-10-9-12-5-1-2-6-13(12)14(17)11-19-18-20-15-7-3-4-8-16(15)21-18;2*1-2(3)4/h1-10,22H,11H2,(H2,19,20,21);2*1H3,(H,3,4). The van der Waals surface area contributed by atoms with Gasteiger partial charge in [0.15, 0.2) is 0 Å². The zero-order chi connectivity index (χ0) is 22.1. The number of imidazole rings is 1. The molecule has 0 saturated heterocycles. The molecule has 5 N–H and O–H groups in total.